The molecule has 0 saturated carbocycles. The first-order valence-corrected chi connectivity index (χ1v) is 6.69. The Morgan fingerprint density at radius 1 is 1.46 bits per heavy atom. The minimum absolute atomic E-state index is 0.0949. The molecular formula is C8H16ClNO2S. The molecule has 1 aliphatic heterocycles. The third-order valence-electron chi connectivity index (χ3n) is 2.81. The van der Waals surface area contributed by atoms with E-state index in [2.05, 4.69) is 6.92 Å². The van der Waals surface area contributed by atoms with Gasteiger partial charge in [0.2, 0.25) is 10.0 Å². The molecule has 0 spiro atoms. The van der Waals surface area contributed by atoms with Crippen LogP contribution in [0, 0.1) is 5.92 Å². The summed E-state index contributed by atoms with van der Waals surface area (Å²) in [5.41, 5.74) is 0. The van der Waals surface area contributed by atoms with Crippen LogP contribution in [0.5, 0.6) is 0 Å². The molecule has 5 heteroatoms. The van der Waals surface area contributed by atoms with Crippen LogP contribution in [-0.4, -0.2) is 30.5 Å². The lowest BCUT2D eigenvalue weighted by molar-refractivity contribution is 0.203. The van der Waals surface area contributed by atoms with E-state index in [1.165, 1.54) is 4.31 Å². The van der Waals surface area contributed by atoms with Gasteiger partial charge in [0, 0.05) is 12.6 Å². The molecule has 0 aromatic carbocycles. The molecule has 1 fully saturated rings. The Labute approximate surface area is 85.1 Å². The number of halogens is 1. The Bertz CT molecular complexity index is 265. The van der Waals surface area contributed by atoms with Crippen LogP contribution in [0.15, 0.2) is 0 Å². The van der Waals surface area contributed by atoms with E-state index in [1.807, 2.05) is 6.92 Å². The summed E-state index contributed by atoms with van der Waals surface area (Å²) < 4.78 is 24.5. The Kier molecular flexibility index (Phi) is 3.60. The predicted octanol–water partition coefficient (Wildman–Crippen LogP) is 1.63. The summed E-state index contributed by atoms with van der Waals surface area (Å²) in [6.45, 7) is 4.66. The normalized spacial score (nSPS) is 31.9. The van der Waals surface area contributed by atoms with Crippen molar-refractivity contribution in [3.8, 4) is 0 Å². The average Bonchev–Trinajstić information content (AvgIpc) is 2.09. The van der Waals surface area contributed by atoms with Crippen molar-refractivity contribution in [2.24, 2.45) is 5.92 Å². The Morgan fingerprint density at radius 3 is 2.62 bits per heavy atom. The van der Waals surface area contributed by atoms with Crippen LogP contribution in [0.1, 0.15) is 26.7 Å². The highest BCUT2D eigenvalue weighted by molar-refractivity contribution is 7.90. The molecule has 0 aromatic heterocycles. The quantitative estimate of drug-likeness (QED) is 0.670. The summed E-state index contributed by atoms with van der Waals surface area (Å²) >= 11 is 5.41. The first-order valence-electron chi connectivity index (χ1n) is 4.54. The van der Waals surface area contributed by atoms with E-state index in [9.17, 15) is 8.42 Å². The van der Waals surface area contributed by atoms with E-state index >= 15 is 0 Å². The molecule has 0 radical (unpaired) electrons. The number of alkyl halides is 1. The second-order valence-electron chi connectivity index (χ2n) is 3.69. The van der Waals surface area contributed by atoms with Crippen molar-refractivity contribution < 1.29 is 8.42 Å². The lowest BCUT2D eigenvalue weighted by Crippen LogP contribution is -2.46. The smallest absolute Gasteiger partial charge is 0.211 e. The second kappa shape index (κ2) is 4.15. The van der Waals surface area contributed by atoms with Gasteiger partial charge in [0.25, 0.3) is 0 Å². The van der Waals surface area contributed by atoms with Crippen molar-refractivity contribution in [3.05, 3.63) is 0 Å². The number of hydrogen-bond donors (Lipinski definition) is 0. The highest BCUT2D eigenvalue weighted by Crippen LogP contribution is 2.25. The minimum Gasteiger partial charge on any atom is -0.211 e. The lowest BCUT2D eigenvalue weighted by Gasteiger charge is -2.36. The van der Waals surface area contributed by atoms with Crippen LogP contribution in [0.4, 0.5) is 0 Å². The van der Waals surface area contributed by atoms with Gasteiger partial charge in [0.1, 0.15) is 5.21 Å². The third kappa shape index (κ3) is 2.36. The maximum absolute atomic E-state index is 11.5. The summed E-state index contributed by atoms with van der Waals surface area (Å²) in [5.74, 6) is 0.437. The van der Waals surface area contributed by atoms with Crippen molar-refractivity contribution in [1.82, 2.24) is 4.31 Å². The van der Waals surface area contributed by atoms with Crippen molar-refractivity contribution in [2.45, 2.75) is 32.7 Å². The fraction of sp³-hybridized carbons (Fsp3) is 1.00. The minimum atomic E-state index is -3.20. The second-order valence-corrected chi connectivity index (χ2v) is 6.20. The van der Waals surface area contributed by atoms with E-state index in [1.54, 1.807) is 0 Å². The summed E-state index contributed by atoms with van der Waals surface area (Å²) in [6, 6.07) is 0.0949. The monoisotopic (exact) mass is 225 g/mol. The standard InChI is InChI=1S/C8H16ClNO2S/c1-7-4-3-5-10(8(7)2)13(11,12)6-9/h7-8H,3-6H2,1-2H3. The van der Waals surface area contributed by atoms with E-state index in [4.69, 9.17) is 11.6 Å². The van der Waals surface area contributed by atoms with Gasteiger partial charge in [-0.2, -0.15) is 4.31 Å². The molecule has 0 N–H and O–H groups in total. The van der Waals surface area contributed by atoms with Gasteiger partial charge in [0.05, 0.1) is 0 Å². The van der Waals surface area contributed by atoms with E-state index in [0.29, 0.717) is 12.5 Å². The van der Waals surface area contributed by atoms with E-state index in [-0.39, 0.29) is 11.3 Å². The van der Waals surface area contributed by atoms with Crippen molar-refractivity contribution in [2.75, 3.05) is 11.8 Å². The summed E-state index contributed by atoms with van der Waals surface area (Å²) in [5, 5.41) is -0.302. The highest BCUT2D eigenvalue weighted by Gasteiger charge is 2.32. The molecule has 1 heterocycles. The van der Waals surface area contributed by atoms with Gasteiger partial charge in [-0.05, 0) is 25.7 Å². The van der Waals surface area contributed by atoms with Crippen LogP contribution < -0.4 is 0 Å². The number of hydrogen-bond acceptors (Lipinski definition) is 2. The Balaban J connectivity index is 2.80. The van der Waals surface area contributed by atoms with Crippen LogP contribution in [0.2, 0.25) is 0 Å². The first kappa shape index (κ1) is 11.3. The Morgan fingerprint density at radius 2 is 2.08 bits per heavy atom. The van der Waals surface area contributed by atoms with Gasteiger partial charge >= 0.3 is 0 Å². The van der Waals surface area contributed by atoms with Crippen molar-refractivity contribution in [3.63, 3.8) is 0 Å². The van der Waals surface area contributed by atoms with E-state index in [0.717, 1.165) is 12.8 Å². The molecule has 0 bridgehead atoms. The van der Waals surface area contributed by atoms with Crippen molar-refractivity contribution >= 4 is 21.6 Å². The Hall–Kier alpha value is 0.200. The maximum Gasteiger partial charge on any atom is 0.228 e. The molecule has 0 amide bonds. The predicted molar refractivity (Wildman–Crippen MR) is 54.2 cm³/mol. The third-order valence-corrected chi connectivity index (χ3v) is 5.14. The summed E-state index contributed by atoms with van der Waals surface area (Å²) in [6.07, 6.45) is 2.05. The molecule has 3 nitrogen and oxygen atoms in total. The van der Waals surface area contributed by atoms with Gasteiger partial charge in [-0.15, -0.1) is 11.6 Å². The van der Waals surface area contributed by atoms with Crippen LogP contribution in [-0.2, 0) is 10.0 Å². The molecule has 13 heavy (non-hydrogen) atoms. The average molecular weight is 226 g/mol. The number of nitrogens with zero attached hydrogens (tertiary/aromatic N) is 1. The molecule has 78 valence electrons. The zero-order valence-electron chi connectivity index (χ0n) is 8.03. The van der Waals surface area contributed by atoms with Crippen LogP contribution >= 0.6 is 11.6 Å². The van der Waals surface area contributed by atoms with Gasteiger partial charge in [-0.25, -0.2) is 8.42 Å². The molecule has 1 rings (SSSR count). The van der Waals surface area contributed by atoms with Gasteiger partial charge in [0.15, 0.2) is 0 Å². The zero-order valence-corrected chi connectivity index (χ0v) is 9.61. The maximum atomic E-state index is 11.5. The van der Waals surface area contributed by atoms with Crippen LogP contribution in [0.25, 0.3) is 0 Å². The van der Waals surface area contributed by atoms with E-state index < -0.39 is 10.0 Å². The first-order chi connectivity index (χ1) is 5.99. The largest absolute Gasteiger partial charge is 0.228 e. The molecule has 2 atom stereocenters. The molecule has 2 unspecified atom stereocenters. The van der Waals surface area contributed by atoms with Gasteiger partial charge in [-0.1, -0.05) is 6.92 Å². The summed E-state index contributed by atoms with van der Waals surface area (Å²) in [4.78, 5) is 0. The fourth-order valence-corrected chi connectivity index (χ4v) is 3.38. The summed E-state index contributed by atoms with van der Waals surface area (Å²) in [7, 11) is -3.20. The molecule has 0 aromatic rings. The number of piperidine rings is 1. The molecular weight excluding hydrogens is 210 g/mol. The molecule has 1 aliphatic rings. The molecule has 0 aliphatic carbocycles. The van der Waals surface area contributed by atoms with Crippen molar-refractivity contribution in [1.29, 1.82) is 0 Å². The molecule has 1 saturated heterocycles. The lowest BCUT2D eigenvalue weighted by atomic mass is 9.94. The highest BCUT2D eigenvalue weighted by atomic mass is 35.5. The van der Waals surface area contributed by atoms with Gasteiger partial charge in [-0.3, -0.25) is 0 Å². The van der Waals surface area contributed by atoms with Gasteiger partial charge < -0.3 is 0 Å². The topological polar surface area (TPSA) is 37.4 Å². The number of sulfonamides is 1. The fourth-order valence-electron chi connectivity index (χ4n) is 1.75. The zero-order chi connectivity index (χ0) is 10.1. The SMILES string of the molecule is CC1CCCN(S(=O)(=O)CCl)C1C. The number of rotatable bonds is 2. The van der Waals surface area contributed by atoms with Crippen LogP contribution in [0.3, 0.4) is 0 Å².